The van der Waals surface area contributed by atoms with Crippen molar-refractivity contribution in [2.24, 2.45) is 0 Å². The van der Waals surface area contributed by atoms with Gasteiger partial charge in [0.15, 0.2) is 0 Å². The second kappa shape index (κ2) is 9.09. The molecule has 0 spiro atoms. The van der Waals surface area contributed by atoms with Crippen LogP contribution in [0.15, 0.2) is 22.7 Å². The Bertz CT molecular complexity index is 493. The van der Waals surface area contributed by atoms with Crippen molar-refractivity contribution in [2.45, 2.75) is 0 Å². The third-order valence-corrected chi connectivity index (χ3v) is 3.85. The maximum absolute atomic E-state index is 12.0. The minimum Gasteiger partial charge on any atom is -0.383 e. The number of rotatable bonds is 7. The Balaban J connectivity index is 1.99. The summed E-state index contributed by atoms with van der Waals surface area (Å²) in [4.78, 5) is 14.3. The highest BCUT2D eigenvalue weighted by molar-refractivity contribution is 9.10. The highest BCUT2D eigenvalue weighted by Crippen LogP contribution is 2.29. The number of morpholine rings is 1. The van der Waals surface area contributed by atoms with E-state index in [9.17, 15) is 4.79 Å². The molecule has 1 saturated heterocycles. The molecule has 22 heavy (non-hydrogen) atoms. The fourth-order valence-corrected chi connectivity index (χ4v) is 2.62. The van der Waals surface area contributed by atoms with Crippen molar-refractivity contribution in [1.29, 1.82) is 0 Å². The summed E-state index contributed by atoms with van der Waals surface area (Å²) in [6.45, 7) is 4.58. The first-order valence-corrected chi connectivity index (χ1v) is 8.12. The number of halogens is 1. The number of ether oxygens (including phenoxy) is 2. The summed E-state index contributed by atoms with van der Waals surface area (Å²) >= 11 is 3.46. The predicted molar refractivity (Wildman–Crippen MR) is 90.5 cm³/mol. The van der Waals surface area contributed by atoms with E-state index in [1.54, 1.807) is 7.11 Å². The lowest BCUT2D eigenvalue weighted by molar-refractivity contribution is -0.115. The molecule has 122 valence electrons. The van der Waals surface area contributed by atoms with Crippen molar-refractivity contribution in [3.63, 3.8) is 0 Å². The lowest BCUT2D eigenvalue weighted by Crippen LogP contribution is -2.37. The van der Waals surface area contributed by atoms with E-state index in [0.29, 0.717) is 26.4 Å². The maximum Gasteiger partial charge on any atom is 0.238 e. The third-order valence-electron chi connectivity index (χ3n) is 3.35. The molecular formula is C15H22BrN3O3. The van der Waals surface area contributed by atoms with Gasteiger partial charge in [0, 0.05) is 31.2 Å². The second-order valence-corrected chi connectivity index (χ2v) is 5.89. The molecule has 0 saturated carbocycles. The lowest BCUT2D eigenvalue weighted by atomic mass is 10.2. The Morgan fingerprint density at radius 1 is 1.41 bits per heavy atom. The highest BCUT2D eigenvalue weighted by atomic mass is 79.9. The van der Waals surface area contributed by atoms with Gasteiger partial charge in [0.05, 0.1) is 37.7 Å². The fourth-order valence-electron chi connectivity index (χ4n) is 2.26. The summed E-state index contributed by atoms with van der Waals surface area (Å²) in [5.74, 6) is -0.0660. The van der Waals surface area contributed by atoms with Crippen LogP contribution in [0.5, 0.6) is 0 Å². The van der Waals surface area contributed by atoms with Gasteiger partial charge < -0.3 is 25.0 Å². The summed E-state index contributed by atoms with van der Waals surface area (Å²) in [5, 5.41) is 6.01. The topological polar surface area (TPSA) is 62.8 Å². The standard InChI is InChI=1S/C15H22BrN3O3/c1-21-7-4-17-11-15(20)18-13-10-12(16)2-3-14(13)19-5-8-22-9-6-19/h2-3,10,17H,4-9,11H2,1H3,(H,18,20). The lowest BCUT2D eigenvalue weighted by Gasteiger charge is -2.30. The van der Waals surface area contributed by atoms with E-state index >= 15 is 0 Å². The second-order valence-electron chi connectivity index (χ2n) is 4.98. The minimum atomic E-state index is -0.0660. The van der Waals surface area contributed by atoms with Crippen molar-refractivity contribution in [3.8, 4) is 0 Å². The Morgan fingerprint density at radius 3 is 2.91 bits per heavy atom. The smallest absolute Gasteiger partial charge is 0.238 e. The number of amides is 1. The average molecular weight is 372 g/mol. The van der Waals surface area contributed by atoms with Crippen molar-refractivity contribution in [1.82, 2.24) is 5.32 Å². The van der Waals surface area contributed by atoms with Crippen LogP contribution in [0.4, 0.5) is 11.4 Å². The molecule has 0 aromatic heterocycles. The van der Waals surface area contributed by atoms with Crippen LogP contribution in [0.25, 0.3) is 0 Å². The van der Waals surface area contributed by atoms with E-state index in [1.807, 2.05) is 18.2 Å². The van der Waals surface area contributed by atoms with E-state index in [-0.39, 0.29) is 12.5 Å². The third kappa shape index (κ3) is 5.24. The summed E-state index contributed by atoms with van der Waals surface area (Å²) in [6, 6.07) is 5.93. The SMILES string of the molecule is COCCNCC(=O)Nc1cc(Br)ccc1N1CCOCC1. The van der Waals surface area contributed by atoms with Crippen LogP contribution in [0.1, 0.15) is 0 Å². The number of hydrogen-bond donors (Lipinski definition) is 2. The number of nitrogens with zero attached hydrogens (tertiary/aromatic N) is 1. The largest absolute Gasteiger partial charge is 0.383 e. The van der Waals surface area contributed by atoms with Gasteiger partial charge in [-0.1, -0.05) is 15.9 Å². The van der Waals surface area contributed by atoms with Gasteiger partial charge in [0.25, 0.3) is 0 Å². The first-order valence-electron chi connectivity index (χ1n) is 7.32. The summed E-state index contributed by atoms with van der Waals surface area (Å²) in [5.41, 5.74) is 1.84. The molecule has 1 aromatic carbocycles. The van der Waals surface area contributed by atoms with E-state index in [0.717, 1.165) is 28.9 Å². The van der Waals surface area contributed by atoms with E-state index < -0.39 is 0 Å². The van der Waals surface area contributed by atoms with Crippen LogP contribution in [0.2, 0.25) is 0 Å². The average Bonchev–Trinajstić information content (AvgIpc) is 2.53. The number of hydrogen-bond acceptors (Lipinski definition) is 5. The Morgan fingerprint density at radius 2 is 2.18 bits per heavy atom. The highest BCUT2D eigenvalue weighted by Gasteiger charge is 2.16. The first-order chi connectivity index (χ1) is 10.7. The van der Waals surface area contributed by atoms with Crippen LogP contribution < -0.4 is 15.5 Å². The quantitative estimate of drug-likeness (QED) is 0.710. The molecule has 6 nitrogen and oxygen atoms in total. The van der Waals surface area contributed by atoms with Gasteiger partial charge in [-0.15, -0.1) is 0 Å². The number of benzene rings is 1. The monoisotopic (exact) mass is 371 g/mol. The molecule has 1 heterocycles. The van der Waals surface area contributed by atoms with Gasteiger partial charge in [-0.3, -0.25) is 4.79 Å². The first kappa shape index (κ1) is 17.2. The van der Waals surface area contributed by atoms with Gasteiger partial charge in [0.1, 0.15) is 0 Å². The molecule has 0 radical (unpaired) electrons. The van der Waals surface area contributed by atoms with E-state index in [1.165, 1.54) is 0 Å². The molecule has 1 aromatic rings. The van der Waals surface area contributed by atoms with Gasteiger partial charge in [-0.05, 0) is 18.2 Å². The molecule has 2 N–H and O–H groups in total. The molecule has 2 rings (SSSR count). The minimum absolute atomic E-state index is 0.0660. The molecule has 1 aliphatic heterocycles. The molecule has 1 aliphatic rings. The van der Waals surface area contributed by atoms with Gasteiger partial charge in [0.2, 0.25) is 5.91 Å². The molecule has 1 amide bonds. The number of carbonyl (C=O) groups is 1. The molecular weight excluding hydrogens is 350 g/mol. The van der Waals surface area contributed by atoms with Crippen LogP contribution in [0, 0.1) is 0 Å². The Kier molecular flexibility index (Phi) is 7.11. The van der Waals surface area contributed by atoms with Crippen molar-refractivity contribution >= 4 is 33.2 Å². The van der Waals surface area contributed by atoms with E-state index in [4.69, 9.17) is 9.47 Å². The van der Waals surface area contributed by atoms with Crippen LogP contribution in [-0.4, -0.2) is 59.0 Å². The molecule has 0 aliphatic carbocycles. The molecule has 7 heteroatoms. The summed E-state index contributed by atoms with van der Waals surface area (Å²) in [6.07, 6.45) is 0. The molecule has 0 unspecified atom stereocenters. The Labute approximate surface area is 139 Å². The maximum atomic E-state index is 12.0. The van der Waals surface area contributed by atoms with Crippen molar-refractivity contribution < 1.29 is 14.3 Å². The van der Waals surface area contributed by atoms with Gasteiger partial charge in [-0.2, -0.15) is 0 Å². The molecule has 0 atom stereocenters. The van der Waals surface area contributed by atoms with E-state index in [2.05, 4.69) is 31.5 Å². The zero-order valence-corrected chi connectivity index (χ0v) is 14.3. The number of nitrogens with one attached hydrogen (secondary N) is 2. The predicted octanol–water partition coefficient (Wildman–Crippen LogP) is 1.46. The number of carbonyl (C=O) groups excluding carboxylic acids is 1. The zero-order valence-electron chi connectivity index (χ0n) is 12.7. The van der Waals surface area contributed by atoms with Gasteiger partial charge >= 0.3 is 0 Å². The van der Waals surface area contributed by atoms with Crippen LogP contribution >= 0.6 is 15.9 Å². The number of anilines is 2. The number of methoxy groups -OCH3 is 1. The molecule has 1 fully saturated rings. The summed E-state index contributed by atoms with van der Waals surface area (Å²) in [7, 11) is 1.64. The van der Waals surface area contributed by atoms with Crippen LogP contribution in [0.3, 0.4) is 0 Å². The zero-order chi connectivity index (χ0) is 15.8. The van der Waals surface area contributed by atoms with Crippen molar-refractivity contribution in [3.05, 3.63) is 22.7 Å². The normalized spacial score (nSPS) is 14.9. The van der Waals surface area contributed by atoms with Crippen LogP contribution in [-0.2, 0) is 14.3 Å². The molecule has 0 bridgehead atoms. The van der Waals surface area contributed by atoms with Gasteiger partial charge in [-0.25, -0.2) is 0 Å². The Hall–Kier alpha value is -1.15. The summed E-state index contributed by atoms with van der Waals surface area (Å²) < 4.78 is 11.3. The van der Waals surface area contributed by atoms with Crippen molar-refractivity contribution in [2.75, 3.05) is 63.3 Å². The fraction of sp³-hybridized carbons (Fsp3) is 0.533.